The van der Waals surface area contributed by atoms with Gasteiger partial charge >= 0.3 is 0 Å². The highest BCUT2D eigenvalue weighted by atomic mass is 16.5. The number of methoxy groups -OCH3 is 2. The minimum Gasteiger partial charge on any atom is -0.496 e. The van der Waals surface area contributed by atoms with E-state index in [1.807, 2.05) is 24.0 Å². The number of ether oxygens (including phenoxy) is 2. The first kappa shape index (κ1) is 21.7. The normalized spacial score (nSPS) is 14.9. The van der Waals surface area contributed by atoms with Crippen LogP contribution in [0.5, 0.6) is 11.5 Å². The van der Waals surface area contributed by atoms with Crippen LogP contribution in [0, 0.1) is 0 Å². The summed E-state index contributed by atoms with van der Waals surface area (Å²) in [6, 6.07) is 5.41. The summed E-state index contributed by atoms with van der Waals surface area (Å²) in [4.78, 5) is 33.1. The van der Waals surface area contributed by atoms with E-state index in [1.165, 1.54) is 4.57 Å². The van der Waals surface area contributed by atoms with Crippen LogP contribution in [0.15, 0.2) is 41.5 Å². The standard InChI is InChI=1S/C24H28N4O4/c1-5-8-28-15-19(16-6-7-25-22(16)24(28)30)17-13-21(32-4)18(14-20(17)31-3)23(29)27-11-9-26(2)10-12-27/h5-8,13-15,25H,9-12H2,1-4H3/b8-5+. The first-order chi connectivity index (χ1) is 15.5. The van der Waals surface area contributed by atoms with E-state index in [-0.39, 0.29) is 11.5 Å². The fourth-order valence-electron chi connectivity index (χ4n) is 4.11. The molecule has 168 valence electrons. The highest BCUT2D eigenvalue weighted by Crippen LogP contribution is 2.39. The Morgan fingerprint density at radius 3 is 2.44 bits per heavy atom. The molecule has 0 spiro atoms. The van der Waals surface area contributed by atoms with Crippen molar-refractivity contribution in [2.24, 2.45) is 0 Å². The summed E-state index contributed by atoms with van der Waals surface area (Å²) in [7, 11) is 5.18. The molecule has 2 aromatic heterocycles. The molecular weight excluding hydrogens is 408 g/mol. The van der Waals surface area contributed by atoms with Gasteiger partial charge in [-0.25, -0.2) is 0 Å². The Balaban J connectivity index is 1.86. The summed E-state index contributed by atoms with van der Waals surface area (Å²) in [5, 5.41) is 0.772. The fourth-order valence-corrected chi connectivity index (χ4v) is 4.11. The Morgan fingerprint density at radius 1 is 1.06 bits per heavy atom. The number of allylic oxidation sites excluding steroid dienone is 1. The average Bonchev–Trinajstić information content (AvgIpc) is 3.30. The van der Waals surface area contributed by atoms with Gasteiger partial charge in [-0.3, -0.25) is 14.2 Å². The molecule has 0 radical (unpaired) electrons. The zero-order chi connectivity index (χ0) is 22.8. The molecule has 0 unspecified atom stereocenters. The number of carbonyl (C=O) groups is 1. The van der Waals surface area contributed by atoms with Crippen LogP contribution in [0.2, 0.25) is 0 Å². The minimum absolute atomic E-state index is 0.0783. The lowest BCUT2D eigenvalue weighted by Crippen LogP contribution is -2.47. The van der Waals surface area contributed by atoms with Gasteiger partial charge in [0.2, 0.25) is 0 Å². The second-order valence-corrected chi connectivity index (χ2v) is 7.85. The molecular formula is C24H28N4O4. The van der Waals surface area contributed by atoms with E-state index in [1.54, 1.807) is 45.0 Å². The maximum absolute atomic E-state index is 13.3. The highest BCUT2D eigenvalue weighted by molar-refractivity contribution is 6.01. The van der Waals surface area contributed by atoms with Crippen molar-refractivity contribution in [1.29, 1.82) is 0 Å². The maximum atomic E-state index is 13.3. The van der Waals surface area contributed by atoms with Crippen LogP contribution < -0.4 is 15.0 Å². The van der Waals surface area contributed by atoms with Crippen molar-refractivity contribution < 1.29 is 14.3 Å². The number of pyridine rings is 1. The van der Waals surface area contributed by atoms with Crippen LogP contribution in [0.3, 0.4) is 0 Å². The third-order valence-corrected chi connectivity index (χ3v) is 5.90. The molecule has 0 aliphatic carbocycles. The highest BCUT2D eigenvalue weighted by Gasteiger charge is 2.26. The summed E-state index contributed by atoms with van der Waals surface area (Å²) in [5.41, 5.74) is 2.36. The Kier molecular flexibility index (Phi) is 6.05. The number of fused-ring (bicyclic) bond motifs is 1. The van der Waals surface area contributed by atoms with E-state index in [4.69, 9.17) is 9.47 Å². The van der Waals surface area contributed by atoms with Gasteiger partial charge < -0.3 is 24.3 Å². The Morgan fingerprint density at radius 2 is 1.78 bits per heavy atom. The van der Waals surface area contributed by atoms with E-state index in [0.29, 0.717) is 35.7 Å². The number of hydrogen-bond donors (Lipinski definition) is 1. The zero-order valence-electron chi connectivity index (χ0n) is 18.8. The quantitative estimate of drug-likeness (QED) is 0.665. The number of amides is 1. The number of aromatic nitrogens is 2. The summed E-state index contributed by atoms with van der Waals surface area (Å²) >= 11 is 0. The largest absolute Gasteiger partial charge is 0.496 e. The van der Waals surface area contributed by atoms with Crippen molar-refractivity contribution in [3.05, 3.63) is 52.6 Å². The molecule has 1 aliphatic heterocycles. The molecule has 1 aromatic carbocycles. The fraction of sp³-hybridized carbons (Fsp3) is 0.333. The lowest BCUT2D eigenvalue weighted by atomic mass is 9.99. The van der Waals surface area contributed by atoms with Crippen LogP contribution in [0.25, 0.3) is 28.2 Å². The second-order valence-electron chi connectivity index (χ2n) is 7.85. The number of H-pyrrole nitrogens is 1. The Hall–Kier alpha value is -3.52. The monoisotopic (exact) mass is 436 g/mol. The zero-order valence-corrected chi connectivity index (χ0v) is 18.8. The van der Waals surface area contributed by atoms with Crippen LogP contribution in [-0.2, 0) is 0 Å². The molecule has 0 atom stereocenters. The second kappa shape index (κ2) is 8.92. The van der Waals surface area contributed by atoms with Crippen molar-refractivity contribution >= 4 is 23.0 Å². The number of nitrogens with zero attached hydrogens (tertiary/aromatic N) is 3. The van der Waals surface area contributed by atoms with E-state index >= 15 is 0 Å². The minimum atomic E-state index is -0.139. The number of aromatic amines is 1. The van der Waals surface area contributed by atoms with Crippen molar-refractivity contribution in [1.82, 2.24) is 19.4 Å². The van der Waals surface area contributed by atoms with Crippen molar-refractivity contribution in [2.75, 3.05) is 47.4 Å². The lowest BCUT2D eigenvalue weighted by Gasteiger charge is -2.32. The van der Waals surface area contributed by atoms with Crippen molar-refractivity contribution in [3.63, 3.8) is 0 Å². The van der Waals surface area contributed by atoms with Gasteiger partial charge in [0.1, 0.15) is 17.0 Å². The molecule has 1 aliphatic rings. The van der Waals surface area contributed by atoms with Gasteiger partial charge in [-0.15, -0.1) is 0 Å². The average molecular weight is 437 g/mol. The molecule has 8 nitrogen and oxygen atoms in total. The number of nitrogens with one attached hydrogen (secondary N) is 1. The van der Waals surface area contributed by atoms with Crippen LogP contribution in [0.1, 0.15) is 17.3 Å². The van der Waals surface area contributed by atoms with Gasteiger partial charge in [0.15, 0.2) is 0 Å². The van der Waals surface area contributed by atoms with Crippen molar-refractivity contribution in [2.45, 2.75) is 6.92 Å². The van der Waals surface area contributed by atoms with E-state index < -0.39 is 0 Å². The molecule has 0 saturated carbocycles. The van der Waals surface area contributed by atoms with Gasteiger partial charge in [-0.1, -0.05) is 6.08 Å². The predicted molar refractivity (Wildman–Crippen MR) is 126 cm³/mol. The number of piperazine rings is 1. The van der Waals surface area contributed by atoms with Crippen LogP contribution in [-0.4, -0.2) is 72.7 Å². The SMILES string of the molecule is C/C=C/n1cc(-c2cc(OC)c(C(=O)N3CCN(C)CC3)cc2OC)c2cc[nH]c2c1=O. The topological polar surface area (TPSA) is 79.8 Å². The van der Waals surface area contributed by atoms with Gasteiger partial charge in [0, 0.05) is 61.3 Å². The number of rotatable bonds is 5. The third kappa shape index (κ3) is 3.78. The molecule has 8 heteroatoms. The molecule has 1 fully saturated rings. The number of carbonyl (C=O) groups excluding carboxylic acids is 1. The van der Waals surface area contributed by atoms with Gasteiger partial charge in [-0.2, -0.15) is 0 Å². The summed E-state index contributed by atoms with van der Waals surface area (Å²) in [5.74, 6) is 0.930. The molecule has 4 rings (SSSR count). The maximum Gasteiger partial charge on any atom is 0.278 e. The third-order valence-electron chi connectivity index (χ3n) is 5.90. The molecule has 1 amide bonds. The molecule has 3 aromatic rings. The Bertz CT molecular complexity index is 1230. The predicted octanol–water partition coefficient (Wildman–Crippen LogP) is 2.89. The molecule has 3 heterocycles. The van der Waals surface area contributed by atoms with Crippen LogP contribution >= 0.6 is 0 Å². The molecule has 32 heavy (non-hydrogen) atoms. The van der Waals surface area contributed by atoms with Crippen molar-refractivity contribution in [3.8, 4) is 22.6 Å². The molecule has 0 bridgehead atoms. The summed E-state index contributed by atoms with van der Waals surface area (Å²) in [6.45, 7) is 4.86. The number of likely N-dealkylation sites (N-methyl/N-ethyl adjacent to an activating group) is 1. The van der Waals surface area contributed by atoms with E-state index in [9.17, 15) is 9.59 Å². The van der Waals surface area contributed by atoms with Gasteiger partial charge in [0.05, 0.1) is 19.8 Å². The summed E-state index contributed by atoms with van der Waals surface area (Å²) in [6.07, 6.45) is 7.03. The molecule has 1 N–H and O–H groups in total. The van der Waals surface area contributed by atoms with Crippen LogP contribution in [0.4, 0.5) is 0 Å². The summed E-state index contributed by atoms with van der Waals surface area (Å²) < 4.78 is 12.9. The first-order valence-corrected chi connectivity index (χ1v) is 10.6. The number of benzene rings is 1. The van der Waals surface area contributed by atoms with E-state index in [2.05, 4.69) is 16.9 Å². The molecule has 1 saturated heterocycles. The smallest absolute Gasteiger partial charge is 0.278 e. The van der Waals surface area contributed by atoms with E-state index in [0.717, 1.165) is 29.6 Å². The van der Waals surface area contributed by atoms with Gasteiger partial charge in [-0.05, 0) is 32.2 Å². The number of hydrogen-bond acceptors (Lipinski definition) is 5. The first-order valence-electron chi connectivity index (χ1n) is 10.6. The Labute approximate surface area is 186 Å². The van der Waals surface area contributed by atoms with Gasteiger partial charge in [0.25, 0.3) is 11.5 Å². The lowest BCUT2D eigenvalue weighted by molar-refractivity contribution is 0.0660.